The molecule has 1 aromatic rings. The van der Waals surface area contributed by atoms with Gasteiger partial charge in [0.25, 0.3) is 0 Å². The molecule has 4 nitrogen and oxygen atoms in total. The highest BCUT2D eigenvalue weighted by Crippen LogP contribution is 2.28. The fourth-order valence-electron chi connectivity index (χ4n) is 2.79. The van der Waals surface area contributed by atoms with E-state index in [4.69, 9.17) is 16.3 Å². The van der Waals surface area contributed by atoms with Crippen LogP contribution in [0.4, 0.5) is 0 Å². The summed E-state index contributed by atoms with van der Waals surface area (Å²) in [4.78, 5) is 6.72. The van der Waals surface area contributed by atoms with Crippen LogP contribution in [0.2, 0.25) is 5.02 Å². The Morgan fingerprint density at radius 2 is 2.17 bits per heavy atom. The maximum atomic E-state index is 6.27. The summed E-state index contributed by atoms with van der Waals surface area (Å²) in [5.41, 5.74) is 1.49. The summed E-state index contributed by atoms with van der Waals surface area (Å²) in [6.07, 6.45) is 2.07. The summed E-state index contributed by atoms with van der Waals surface area (Å²) < 4.78 is 5.17. The number of rotatable bonds is 4. The number of hydrogen-bond donors (Lipinski definition) is 1. The Kier molecular flexibility index (Phi) is 7.94. The molecule has 0 atom stereocenters. The normalized spacial score (nSPS) is 16.9. The molecule has 0 radical (unpaired) electrons. The van der Waals surface area contributed by atoms with Crippen molar-refractivity contribution in [3.8, 4) is 5.75 Å². The Balaban J connectivity index is 0.00000264. The Bertz CT molecular complexity index is 549. The first-order valence-corrected chi connectivity index (χ1v) is 8.11. The topological polar surface area (TPSA) is 36.9 Å². The number of aliphatic imine (C=N–C) groups is 1. The van der Waals surface area contributed by atoms with Crippen molar-refractivity contribution in [3.63, 3.8) is 0 Å². The molecule has 1 heterocycles. The van der Waals surface area contributed by atoms with Gasteiger partial charge < -0.3 is 15.0 Å². The summed E-state index contributed by atoms with van der Waals surface area (Å²) in [7, 11) is 3.49. The van der Waals surface area contributed by atoms with Gasteiger partial charge in [-0.05, 0) is 36.0 Å². The number of ether oxygens (including phenoxy) is 1. The number of nitrogens with zero attached hydrogens (tertiary/aromatic N) is 2. The molecular formula is C17H27ClIN3O. The van der Waals surface area contributed by atoms with Crippen molar-refractivity contribution in [2.45, 2.75) is 26.7 Å². The van der Waals surface area contributed by atoms with E-state index in [2.05, 4.69) is 29.1 Å². The molecule has 6 heteroatoms. The van der Waals surface area contributed by atoms with Gasteiger partial charge in [0, 0.05) is 31.7 Å². The molecule has 23 heavy (non-hydrogen) atoms. The van der Waals surface area contributed by atoms with Gasteiger partial charge in [0.1, 0.15) is 5.75 Å². The third-order valence-electron chi connectivity index (χ3n) is 4.13. The molecule has 0 saturated carbocycles. The second kappa shape index (κ2) is 8.97. The molecule has 1 saturated heterocycles. The highest BCUT2D eigenvalue weighted by atomic mass is 127. The van der Waals surface area contributed by atoms with E-state index < -0.39 is 0 Å². The zero-order chi connectivity index (χ0) is 16.2. The zero-order valence-electron chi connectivity index (χ0n) is 14.4. The molecule has 0 amide bonds. The summed E-state index contributed by atoms with van der Waals surface area (Å²) >= 11 is 6.27. The van der Waals surface area contributed by atoms with Crippen LogP contribution < -0.4 is 10.1 Å². The first-order chi connectivity index (χ1) is 10.4. The molecule has 1 aliphatic heterocycles. The van der Waals surface area contributed by atoms with Gasteiger partial charge in [-0.25, -0.2) is 0 Å². The Morgan fingerprint density at radius 1 is 1.43 bits per heavy atom. The largest absolute Gasteiger partial charge is 0.497 e. The molecule has 1 fully saturated rings. The Hall–Kier alpha value is -0.690. The molecular weight excluding hydrogens is 425 g/mol. The van der Waals surface area contributed by atoms with Crippen molar-refractivity contribution in [2.75, 3.05) is 33.8 Å². The van der Waals surface area contributed by atoms with Crippen LogP contribution in [0.3, 0.4) is 0 Å². The fourth-order valence-corrected chi connectivity index (χ4v) is 3.06. The van der Waals surface area contributed by atoms with Crippen LogP contribution in [0.15, 0.2) is 23.2 Å². The maximum Gasteiger partial charge on any atom is 0.193 e. The fraction of sp³-hybridized carbons (Fsp3) is 0.588. The monoisotopic (exact) mass is 451 g/mol. The van der Waals surface area contributed by atoms with E-state index in [1.165, 1.54) is 6.42 Å². The molecule has 1 aromatic carbocycles. The Labute approximate surface area is 161 Å². The minimum atomic E-state index is 0. The summed E-state index contributed by atoms with van der Waals surface area (Å²) in [6, 6.07) is 5.82. The van der Waals surface area contributed by atoms with Gasteiger partial charge in [0.15, 0.2) is 5.96 Å². The van der Waals surface area contributed by atoms with Crippen molar-refractivity contribution in [1.29, 1.82) is 0 Å². The van der Waals surface area contributed by atoms with Gasteiger partial charge in [0.2, 0.25) is 0 Å². The lowest BCUT2D eigenvalue weighted by atomic mass is 9.93. The SMILES string of the molecule is CN=C(NCCc1ccc(OC)cc1Cl)N1CCC(C)(C)C1.I. The van der Waals surface area contributed by atoms with Gasteiger partial charge in [0.05, 0.1) is 7.11 Å². The van der Waals surface area contributed by atoms with Crippen LogP contribution in [0.25, 0.3) is 0 Å². The van der Waals surface area contributed by atoms with Gasteiger partial charge in [-0.3, -0.25) is 4.99 Å². The standard InChI is InChI=1S/C17H26ClN3O.HI/c1-17(2)8-10-21(12-17)16(19-3)20-9-7-13-5-6-14(22-4)11-15(13)18;/h5-6,11H,7-10,12H2,1-4H3,(H,19,20);1H. The van der Waals surface area contributed by atoms with Gasteiger partial charge in [-0.2, -0.15) is 0 Å². The van der Waals surface area contributed by atoms with Crippen LogP contribution >= 0.6 is 35.6 Å². The first kappa shape index (κ1) is 20.4. The quantitative estimate of drug-likeness (QED) is 0.430. The second-order valence-electron chi connectivity index (χ2n) is 6.52. The highest BCUT2D eigenvalue weighted by Gasteiger charge is 2.30. The van der Waals surface area contributed by atoms with E-state index in [-0.39, 0.29) is 24.0 Å². The van der Waals surface area contributed by atoms with Crippen molar-refractivity contribution in [2.24, 2.45) is 10.4 Å². The molecule has 130 valence electrons. The summed E-state index contributed by atoms with van der Waals surface area (Å²) in [6.45, 7) is 7.54. The van der Waals surface area contributed by atoms with Gasteiger partial charge >= 0.3 is 0 Å². The average Bonchev–Trinajstić information content (AvgIpc) is 2.85. The van der Waals surface area contributed by atoms with E-state index in [1.807, 2.05) is 25.2 Å². The van der Waals surface area contributed by atoms with Gasteiger partial charge in [-0.1, -0.05) is 31.5 Å². The molecule has 1 N–H and O–H groups in total. The van der Waals surface area contributed by atoms with Gasteiger partial charge in [-0.15, -0.1) is 24.0 Å². The van der Waals surface area contributed by atoms with E-state index in [0.717, 1.165) is 48.4 Å². The third kappa shape index (κ3) is 5.71. The van der Waals surface area contributed by atoms with Crippen LogP contribution in [0, 0.1) is 5.41 Å². The van der Waals surface area contributed by atoms with E-state index >= 15 is 0 Å². The molecule has 2 rings (SSSR count). The number of nitrogens with one attached hydrogen (secondary N) is 1. The Morgan fingerprint density at radius 3 is 2.70 bits per heavy atom. The van der Waals surface area contributed by atoms with Crippen molar-refractivity contribution in [1.82, 2.24) is 10.2 Å². The predicted molar refractivity (Wildman–Crippen MR) is 108 cm³/mol. The van der Waals surface area contributed by atoms with E-state index in [0.29, 0.717) is 5.41 Å². The number of likely N-dealkylation sites (tertiary alicyclic amines) is 1. The van der Waals surface area contributed by atoms with Crippen LogP contribution in [-0.4, -0.2) is 44.7 Å². The predicted octanol–water partition coefficient (Wildman–Crippen LogP) is 3.82. The lowest BCUT2D eigenvalue weighted by molar-refractivity contribution is 0.370. The van der Waals surface area contributed by atoms with Crippen LogP contribution in [0.1, 0.15) is 25.8 Å². The van der Waals surface area contributed by atoms with Crippen molar-refractivity contribution < 1.29 is 4.74 Å². The molecule has 1 aliphatic rings. The molecule has 0 aliphatic carbocycles. The summed E-state index contributed by atoms with van der Waals surface area (Å²) in [5.74, 6) is 1.77. The molecule has 0 aromatic heterocycles. The third-order valence-corrected chi connectivity index (χ3v) is 4.48. The molecule has 0 spiro atoms. The highest BCUT2D eigenvalue weighted by molar-refractivity contribution is 14.0. The van der Waals surface area contributed by atoms with Crippen LogP contribution in [0.5, 0.6) is 5.75 Å². The van der Waals surface area contributed by atoms with E-state index in [1.54, 1.807) is 7.11 Å². The number of benzene rings is 1. The van der Waals surface area contributed by atoms with Crippen molar-refractivity contribution in [3.05, 3.63) is 28.8 Å². The lowest BCUT2D eigenvalue weighted by Crippen LogP contribution is -2.41. The number of guanidine groups is 1. The maximum absolute atomic E-state index is 6.27. The number of halogens is 2. The minimum absolute atomic E-state index is 0. The average molecular weight is 452 g/mol. The first-order valence-electron chi connectivity index (χ1n) is 7.73. The second-order valence-corrected chi connectivity index (χ2v) is 6.92. The molecule has 0 unspecified atom stereocenters. The number of hydrogen-bond acceptors (Lipinski definition) is 2. The number of methoxy groups -OCH3 is 1. The minimum Gasteiger partial charge on any atom is -0.497 e. The lowest BCUT2D eigenvalue weighted by Gasteiger charge is -2.23. The zero-order valence-corrected chi connectivity index (χ0v) is 17.4. The smallest absolute Gasteiger partial charge is 0.193 e. The van der Waals surface area contributed by atoms with E-state index in [9.17, 15) is 0 Å². The van der Waals surface area contributed by atoms with Crippen molar-refractivity contribution >= 4 is 41.5 Å². The summed E-state index contributed by atoms with van der Waals surface area (Å²) in [5, 5.41) is 4.19. The van der Waals surface area contributed by atoms with Crippen LogP contribution in [-0.2, 0) is 6.42 Å². The molecule has 0 bridgehead atoms.